The predicted molar refractivity (Wildman–Crippen MR) is 107 cm³/mol. The molecule has 1 aliphatic rings. The molecule has 0 aromatic heterocycles. The van der Waals surface area contributed by atoms with Gasteiger partial charge < -0.3 is 15.1 Å². The van der Waals surface area contributed by atoms with Crippen LogP contribution < -0.4 is 5.32 Å². The van der Waals surface area contributed by atoms with Crippen LogP contribution >= 0.6 is 23.2 Å². The quantitative estimate of drug-likeness (QED) is 0.760. The van der Waals surface area contributed by atoms with Crippen molar-refractivity contribution in [3.63, 3.8) is 0 Å². The lowest BCUT2D eigenvalue weighted by atomic mass is 10.2. The first-order valence-electron chi connectivity index (χ1n) is 8.91. The Balaban J connectivity index is 1.54. The Morgan fingerprint density at radius 1 is 1.07 bits per heavy atom. The summed E-state index contributed by atoms with van der Waals surface area (Å²) in [6, 6.07) is 11.1. The molecule has 0 aliphatic carbocycles. The van der Waals surface area contributed by atoms with E-state index in [4.69, 9.17) is 23.2 Å². The molecule has 2 aromatic carbocycles. The largest absolute Gasteiger partial charge is 0.350 e. The van der Waals surface area contributed by atoms with Gasteiger partial charge in [0.15, 0.2) is 0 Å². The number of hydrogen-bond donors (Lipinski definition) is 1. The van der Waals surface area contributed by atoms with Crippen LogP contribution in [-0.2, 0) is 17.9 Å². The molecule has 0 radical (unpaired) electrons. The third-order valence-corrected chi connectivity index (χ3v) is 5.11. The Bertz CT molecular complexity index is 861. The maximum absolute atomic E-state index is 13.2. The highest BCUT2D eigenvalue weighted by Gasteiger charge is 2.27. The number of hydrogen-bond acceptors (Lipinski definition) is 2. The highest BCUT2D eigenvalue weighted by atomic mass is 35.5. The van der Waals surface area contributed by atoms with Crippen molar-refractivity contribution in [3.05, 3.63) is 69.5 Å². The molecule has 0 unspecified atom stereocenters. The van der Waals surface area contributed by atoms with Gasteiger partial charge in [-0.15, -0.1) is 0 Å². The lowest BCUT2D eigenvalue weighted by molar-refractivity contribution is -0.122. The van der Waals surface area contributed by atoms with Crippen molar-refractivity contribution in [1.82, 2.24) is 15.1 Å². The molecule has 28 heavy (non-hydrogen) atoms. The predicted octanol–water partition coefficient (Wildman–Crippen LogP) is 4.08. The van der Waals surface area contributed by atoms with E-state index in [2.05, 4.69) is 5.32 Å². The summed E-state index contributed by atoms with van der Waals surface area (Å²) >= 11 is 11.9. The second kappa shape index (κ2) is 9.26. The number of benzene rings is 2. The van der Waals surface area contributed by atoms with Crippen molar-refractivity contribution < 1.29 is 14.0 Å². The van der Waals surface area contributed by atoms with E-state index < -0.39 is 5.82 Å². The first-order chi connectivity index (χ1) is 13.4. The summed E-state index contributed by atoms with van der Waals surface area (Å²) in [7, 11) is 0. The van der Waals surface area contributed by atoms with Crippen LogP contribution in [0, 0.1) is 5.82 Å². The number of urea groups is 1. The number of carbonyl (C=O) groups excluding carboxylic acids is 2. The monoisotopic (exact) mass is 423 g/mol. The fourth-order valence-corrected chi connectivity index (χ4v) is 3.38. The van der Waals surface area contributed by atoms with Gasteiger partial charge in [-0.3, -0.25) is 4.79 Å². The van der Waals surface area contributed by atoms with E-state index in [0.29, 0.717) is 30.2 Å². The molecule has 0 bridgehead atoms. The molecule has 0 spiro atoms. The van der Waals surface area contributed by atoms with Crippen molar-refractivity contribution in [2.45, 2.75) is 19.5 Å². The minimum Gasteiger partial charge on any atom is -0.350 e. The van der Waals surface area contributed by atoms with Gasteiger partial charge in [-0.05, 0) is 41.8 Å². The van der Waals surface area contributed by atoms with Crippen molar-refractivity contribution in [2.75, 3.05) is 19.6 Å². The third kappa shape index (κ3) is 5.36. The Morgan fingerprint density at radius 2 is 1.79 bits per heavy atom. The van der Waals surface area contributed by atoms with Crippen LogP contribution in [-0.4, -0.2) is 41.4 Å². The second-order valence-electron chi connectivity index (χ2n) is 6.62. The maximum atomic E-state index is 13.2. The van der Waals surface area contributed by atoms with E-state index in [-0.39, 0.29) is 30.1 Å². The number of carbonyl (C=O) groups is 2. The smallest absolute Gasteiger partial charge is 0.320 e. The van der Waals surface area contributed by atoms with Gasteiger partial charge in [-0.2, -0.15) is 0 Å². The first kappa shape index (κ1) is 20.4. The van der Waals surface area contributed by atoms with Crippen LogP contribution in [0.25, 0.3) is 0 Å². The molecule has 8 heteroatoms. The number of amides is 3. The minimum absolute atomic E-state index is 0.0138. The van der Waals surface area contributed by atoms with Crippen LogP contribution in [0.5, 0.6) is 0 Å². The lowest BCUT2D eigenvalue weighted by Gasteiger charge is -2.35. The molecule has 1 saturated heterocycles. The standard InChI is InChI=1S/C20H20Cl2FN3O2/c21-16-5-2-14(3-6-16)11-24-19(27)13-26-9-1-8-25(20(26)28)12-15-4-7-17(23)10-18(15)22/h2-7,10H,1,8-9,11-13H2,(H,24,27). The number of halogens is 3. The third-order valence-electron chi connectivity index (χ3n) is 4.51. The molecule has 1 N–H and O–H groups in total. The van der Waals surface area contributed by atoms with Gasteiger partial charge in [-0.25, -0.2) is 9.18 Å². The zero-order chi connectivity index (χ0) is 20.1. The van der Waals surface area contributed by atoms with Gasteiger partial charge in [0.2, 0.25) is 5.91 Å². The van der Waals surface area contributed by atoms with Gasteiger partial charge in [0.05, 0.1) is 0 Å². The topological polar surface area (TPSA) is 52.7 Å². The Hall–Kier alpha value is -2.31. The maximum Gasteiger partial charge on any atom is 0.320 e. The van der Waals surface area contributed by atoms with Gasteiger partial charge in [0.1, 0.15) is 12.4 Å². The molecule has 3 rings (SSSR count). The zero-order valence-electron chi connectivity index (χ0n) is 15.1. The molecule has 148 valence electrons. The number of nitrogens with one attached hydrogen (secondary N) is 1. The van der Waals surface area contributed by atoms with Gasteiger partial charge >= 0.3 is 6.03 Å². The van der Waals surface area contributed by atoms with Crippen LogP contribution in [0.1, 0.15) is 17.5 Å². The Kier molecular flexibility index (Phi) is 6.75. The SMILES string of the molecule is O=C(CN1CCCN(Cc2ccc(F)cc2Cl)C1=O)NCc1ccc(Cl)cc1. The van der Waals surface area contributed by atoms with Crippen LogP contribution in [0.15, 0.2) is 42.5 Å². The van der Waals surface area contributed by atoms with E-state index >= 15 is 0 Å². The van der Waals surface area contributed by atoms with Crippen molar-refractivity contribution in [2.24, 2.45) is 0 Å². The summed E-state index contributed by atoms with van der Waals surface area (Å²) in [6.07, 6.45) is 0.745. The fraction of sp³-hybridized carbons (Fsp3) is 0.300. The van der Waals surface area contributed by atoms with Gasteiger partial charge in [0, 0.05) is 36.2 Å². The zero-order valence-corrected chi connectivity index (χ0v) is 16.6. The molecule has 0 saturated carbocycles. The molecule has 1 heterocycles. The van der Waals surface area contributed by atoms with Crippen LogP contribution in [0.4, 0.5) is 9.18 Å². The first-order valence-corrected chi connectivity index (χ1v) is 9.67. The molecule has 5 nitrogen and oxygen atoms in total. The molecule has 0 atom stereocenters. The van der Waals surface area contributed by atoms with Crippen LogP contribution in [0.3, 0.4) is 0 Å². The van der Waals surface area contributed by atoms with E-state index in [1.54, 1.807) is 23.1 Å². The molecule has 1 aliphatic heterocycles. The average Bonchev–Trinajstić information content (AvgIpc) is 2.66. The lowest BCUT2D eigenvalue weighted by Crippen LogP contribution is -2.51. The summed E-state index contributed by atoms with van der Waals surface area (Å²) in [5, 5.41) is 3.73. The second-order valence-corrected chi connectivity index (χ2v) is 7.46. The summed E-state index contributed by atoms with van der Waals surface area (Å²) in [4.78, 5) is 28.1. The normalized spacial score (nSPS) is 14.3. The average molecular weight is 424 g/mol. The van der Waals surface area contributed by atoms with Crippen molar-refractivity contribution >= 4 is 35.1 Å². The molecule has 2 aromatic rings. The van der Waals surface area contributed by atoms with E-state index in [9.17, 15) is 14.0 Å². The fourth-order valence-electron chi connectivity index (χ4n) is 3.02. The van der Waals surface area contributed by atoms with E-state index in [0.717, 1.165) is 12.0 Å². The Morgan fingerprint density at radius 3 is 2.50 bits per heavy atom. The molecular formula is C20H20Cl2FN3O2. The van der Waals surface area contributed by atoms with Gasteiger partial charge in [-0.1, -0.05) is 41.4 Å². The van der Waals surface area contributed by atoms with E-state index in [1.807, 2.05) is 12.1 Å². The Labute approximate surface area is 173 Å². The highest BCUT2D eigenvalue weighted by molar-refractivity contribution is 6.31. The highest BCUT2D eigenvalue weighted by Crippen LogP contribution is 2.21. The van der Waals surface area contributed by atoms with Crippen molar-refractivity contribution in [3.8, 4) is 0 Å². The van der Waals surface area contributed by atoms with Crippen LogP contribution in [0.2, 0.25) is 10.0 Å². The minimum atomic E-state index is -0.419. The number of nitrogens with zero attached hydrogens (tertiary/aromatic N) is 2. The summed E-state index contributed by atoms with van der Waals surface area (Å²) < 4.78 is 13.2. The number of rotatable bonds is 6. The summed E-state index contributed by atoms with van der Waals surface area (Å²) in [6.45, 7) is 1.71. The van der Waals surface area contributed by atoms with Crippen molar-refractivity contribution in [1.29, 1.82) is 0 Å². The molecule has 3 amide bonds. The summed E-state index contributed by atoms with van der Waals surface area (Å²) in [5.74, 6) is -0.650. The molecule has 1 fully saturated rings. The molecular weight excluding hydrogens is 404 g/mol. The summed E-state index contributed by atoms with van der Waals surface area (Å²) in [5.41, 5.74) is 1.60. The van der Waals surface area contributed by atoms with E-state index in [1.165, 1.54) is 17.0 Å². The van der Waals surface area contributed by atoms with Gasteiger partial charge in [0.25, 0.3) is 0 Å².